The number of hydroxylamine groups is 1. The van der Waals surface area contributed by atoms with Crippen molar-refractivity contribution in [2.45, 2.75) is 32.6 Å². The fourth-order valence-corrected chi connectivity index (χ4v) is 2.12. The number of benzene rings is 1. The summed E-state index contributed by atoms with van der Waals surface area (Å²) in [4.78, 5) is 5.67. The van der Waals surface area contributed by atoms with Gasteiger partial charge in [0.25, 0.3) is 0 Å². The Morgan fingerprint density at radius 3 is 2.48 bits per heavy atom. The van der Waals surface area contributed by atoms with Crippen LogP contribution in [0.4, 0.5) is 5.69 Å². The van der Waals surface area contributed by atoms with Crippen LogP contribution in [-0.4, -0.2) is 20.3 Å². The van der Waals surface area contributed by atoms with Crippen molar-refractivity contribution in [2.24, 2.45) is 0 Å². The van der Waals surface area contributed by atoms with Crippen molar-refractivity contribution in [1.29, 1.82) is 10.5 Å². The molecule has 0 aliphatic carbocycles. The number of ether oxygens (including phenoxy) is 1. The fourth-order valence-electron chi connectivity index (χ4n) is 2.12. The van der Waals surface area contributed by atoms with Crippen LogP contribution in [-0.2, 0) is 4.84 Å². The fraction of sp³-hybridized carbons (Fsp3) is 0.500. The van der Waals surface area contributed by atoms with E-state index in [2.05, 4.69) is 19.9 Å². The summed E-state index contributed by atoms with van der Waals surface area (Å²) in [5.41, 5.74) is 1.92. The monoisotopic (exact) mass is 287 g/mol. The van der Waals surface area contributed by atoms with Gasteiger partial charge >= 0.3 is 0 Å². The van der Waals surface area contributed by atoms with Gasteiger partial charge in [0, 0.05) is 5.56 Å². The van der Waals surface area contributed by atoms with Crippen molar-refractivity contribution in [1.82, 2.24) is 0 Å². The Balaban J connectivity index is 3.10. The Morgan fingerprint density at radius 1 is 1.19 bits per heavy atom. The van der Waals surface area contributed by atoms with Gasteiger partial charge in [-0.1, -0.05) is 19.9 Å². The Hall–Kier alpha value is -2.24. The molecule has 1 rings (SSSR count). The largest absolute Gasteiger partial charge is 0.496 e. The number of hydrogen-bond donors (Lipinski definition) is 0. The van der Waals surface area contributed by atoms with Crippen molar-refractivity contribution in [3.63, 3.8) is 0 Å². The second kappa shape index (κ2) is 8.84. The molecule has 0 atom stereocenters. The summed E-state index contributed by atoms with van der Waals surface area (Å²) in [6.45, 7) is 4.92. The lowest BCUT2D eigenvalue weighted by Gasteiger charge is -2.27. The summed E-state index contributed by atoms with van der Waals surface area (Å²) >= 11 is 0. The second-order valence-electron chi connectivity index (χ2n) is 4.80. The van der Waals surface area contributed by atoms with Crippen molar-refractivity contribution in [3.8, 4) is 17.9 Å². The van der Waals surface area contributed by atoms with Gasteiger partial charge in [0.2, 0.25) is 0 Å². The normalized spacial score (nSPS) is 10.0. The number of rotatable bonds is 8. The van der Waals surface area contributed by atoms with Crippen LogP contribution >= 0.6 is 0 Å². The van der Waals surface area contributed by atoms with Crippen molar-refractivity contribution >= 4 is 5.69 Å². The maximum absolute atomic E-state index is 8.80. The molecule has 21 heavy (non-hydrogen) atoms. The van der Waals surface area contributed by atoms with Crippen LogP contribution in [0, 0.1) is 22.7 Å². The first kappa shape index (κ1) is 16.8. The Morgan fingerprint density at radius 2 is 1.90 bits per heavy atom. The van der Waals surface area contributed by atoms with E-state index in [9.17, 15) is 0 Å². The highest BCUT2D eigenvalue weighted by Gasteiger charge is 2.18. The predicted octanol–water partition coefficient (Wildman–Crippen LogP) is 3.38. The van der Waals surface area contributed by atoms with Gasteiger partial charge in [0.05, 0.1) is 50.9 Å². The van der Waals surface area contributed by atoms with Crippen LogP contribution in [0.2, 0.25) is 0 Å². The molecule has 0 fully saturated rings. The lowest BCUT2D eigenvalue weighted by atomic mass is 9.99. The zero-order valence-corrected chi connectivity index (χ0v) is 12.8. The van der Waals surface area contributed by atoms with E-state index in [-0.39, 0.29) is 5.92 Å². The highest BCUT2D eigenvalue weighted by atomic mass is 16.7. The minimum absolute atomic E-state index is 0.250. The highest BCUT2D eigenvalue weighted by molar-refractivity contribution is 5.59. The van der Waals surface area contributed by atoms with Crippen molar-refractivity contribution in [3.05, 3.63) is 23.8 Å². The first-order chi connectivity index (χ1) is 10.2. The molecular weight excluding hydrogens is 266 g/mol. The van der Waals surface area contributed by atoms with Crippen LogP contribution in [0.1, 0.15) is 38.2 Å². The van der Waals surface area contributed by atoms with E-state index in [0.29, 0.717) is 26.0 Å². The van der Waals surface area contributed by atoms with E-state index in [1.807, 2.05) is 24.3 Å². The van der Waals surface area contributed by atoms with Crippen LogP contribution in [0.3, 0.4) is 0 Å². The summed E-state index contributed by atoms with van der Waals surface area (Å²) in [5, 5.41) is 19.1. The Labute approximate surface area is 126 Å². The first-order valence-electron chi connectivity index (χ1n) is 6.97. The van der Waals surface area contributed by atoms with E-state index in [1.165, 1.54) is 0 Å². The zero-order chi connectivity index (χ0) is 15.7. The summed E-state index contributed by atoms with van der Waals surface area (Å²) in [7, 11) is 1.64. The molecule has 5 nitrogen and oxygen atoms in total. The van der Waals surface area contributed by atoms with Gasteiger partial charge in [-0.05, 0) is 18.1 Å². The van der Waals surface area contributed by atoms with E-state index in [1.54, 1.807) is 12.2 Å². The number of nitrogens with zero attached hydrogens (tertiary/aromatic N) is 3. The molecule has 112 valence electrons. The van der Waals surface area contributed by atoms with Crippen molar-refractivity contribution < 1.29 is 9.57 Å². The van der Waals surface area contributed by atoms with Gasteiger partial charge in [-0.3, -0.25) is 9.90 Å². The molecule has 0 N–H and O–H groups in total. The molecule has 0 aliphatic heterocycles. The highest BCUT2D eigenvalue weighted by Crippen LogP contribution is 2.35. The average molecular weight is 287 g/mol. The minimum Gasteiger partial charge on any atom is -0.496 e. The van der Waals surface area contributed by atoms with Gasteiger partial charge in [-0.2, -0.15) is 10.5 Å². The molecule has 1 aromatic carbocycles. The Kier molecular flexibility index (Phi) is 7.08. The molecule has 1 aromatic rings. The van der Waals surface area contributed by atoms with Gasteiger partial charge in [-0.15, -0.1) is 0 Å². The third kappa shape index (κ3) is 4.66. The zero-order valence-electron chi connectivity index (χ0n) is 12.8. The van der Waals surface area contributed by atoms with Gasteiger partial charge < -0.3 is 4.74 Å². The van der Waals surface area contributed by atoms with E-state index >= 15 is 0 Å². The van der Waals surface area contributed by atoms with E-state index in [4.69, 9.17) is 20.1 Å². The van der Waals surface area contributed by atoms with Gasteiger partial charge in [-0.25, -0.2) is 0 Å². The quantitative estimate of drug-likeness (QED) is 0.541. The summed E-state index contributed by atoms with van der Waals surface area (Å²) < 4.78 is 5.43. The van der Waals surface area contributed by atoms with Crippen LogP contribution in [0.15, 0.2) is 18.2 Å². The third-order valence-corrected chi connectivity index (χ3v) is 3.00. The molecule has 0 saturated carbocycles. The second-order valence-corrected chi connectivity index (χ2v) is 4.80. The minimum atomic E-state index is 0.250. The van der Waals surface area contributed by atoms with Gasteiger partial charge in [0.1, 0.15) is 5.75 Å². The number of hydrogen-bond acceptors (Lipinski definition) is 5. The molecule has 0 heterocycles. The predicted molar refractivity (Wildman–Crippen MR) is 80.8 cm³/mol. The maximum Gasteiger partial charge on any atom is 0.124 e. The smallest absolute Gasteiger partial charge is 0.124 e. The molecule has 0 unspecified atom stereocenters. The number of nitriles is 2. The molecule has 0 radical (unpaired) electrons. The molecule has 0 spiro atoms. The van der Waals surface area contributed by atoms with Crippen LogP contribution < -0.4 is 9.80 Å². The van der Waals surface area contributed by atoms with E-state index in [0.717, 1.165) is 17.0 Å². The molecule has 0 aromatic heterocycles. The number of anilines is 1. The SMILES string of the molecule is COc1cccc(N(CCC#N)OCCC#N)c1C(C)C. The molecule has 0 amide bonds. The Bertz CT molecular complexity index is 529. The first-order valence-corrected chi connectivity index (χ1v) is 6.97. The summed E-state index contributed by atoms with van der Waals surface area (Å²) in [5.74, 6) is 1.05. The lowest BCUT2D eigenvalue weighted by Crippen LogP contribution is -2.26. The maximum atomic E-state index is 8.80. The molecule has 0 saturated heterocycles. The third-order valence-electron chi connectivity index (χ3n) is 3.00. The topological polar surface area (TPSA) is 69.3 Å². The van der Waals surface area contributed by atoms with Crippen molar-refractivity contribution in [2.75, 3.05) is 25.3 Å². The number of methoxy groups -OCH3 is 1. The molecular formula is C16H21N3O2. The van der Waals surface area contributed by atoms with Crippen LogP contribution in [0.25, 0.3) is 0 Å². The molecule has 5 heteroatoms. The summed E-state index contributed by atoms with van der Waals surface area (Å²) in [6.07, 6.45) is 0.658. The lowest BCUT2D eigenvalue weighted by molar-refractivity contribution is 0.113. The summed E-state index contributed by atoms with van der Waals surface area (Å²) in [6, 6.07) is 9.92. The standard InChI is InChI=1S/C16H21N3O2/c1-13(2)16-14(7-4-8-15(16)20-3)19(11-5-9-17)21-12-6-10-18/h4,7-8,13H,5-6,11-12H2,1-3H3. The molecule has 0 aliphatic rings. The average Bonchev–Trinajstić information content (AvgIpc) is 2.49. The van der Waals surface area contributed by atoms with Gasteiger partial charge in [0.15, 0.2) is 0 Å². The molecule has 0 bridgehead atoms. The van der Waals surface area contributed by atoms with Crippen LogP contribution in [0.5, 0.6) is 5.75 Å². The van der Waals surface area contributed by atoms with E-state index < -0.39 is 0 Å².